The zero-order valence-corrected chi connectivity index (χ0v) is 13.6. The molecule has 3 N–H and O–H groups in total. The van der Waals surface area contributed by atoms with E-state index in [0.29, 0.717) is 5.56 Å². The van der Waals surface area contributed by atoms with Gasteiger partial charge in [0, 0.05) is 5.56 Å². The molecule has 0 atom stereocenters. The first-order valence-electron chi connectivity index (χ1n) is 7.79. The number of carbonyl (C=O) groups is 1. The van der Waals surface area contributed by atoms with Crippen LogP contribution in [-0.2, 0) is 0 Å². The predicted molar refractivity (Wildman–Crippen MR) is 93.4 cm³/mol. The molecule has 27 heavy (non-hydrogen) atoms. The minimum atomic E-state index is -0.896. The molecule has 0 spiro atoms. The molecule has 4 rings (SSSR count). The fourth-order valence-electron chi connectivity index (χ4n) is 2.75. The fraction of sp³-hybridized carbons (Fsp3) is 0. The molecule has 0 unspecified atom stereocenters. The Kier molecular flexibility index (Phi) is 3.76. The largest absolute Gasteiger partial charge is 0.364 e. The molecule has 134 valence electrons. The second-order valence-electron chi connectivity index (χ2n) is 5.68. The smallest absolute Gasteiger partial charge is 0.332 e. The van der Waals surface area contributed by atoms with Crippen LogP contribution in [0.2, 0.25) is 0 Å². The molecule has 2 aromatic heterocycles. The topological polar surface area (TPSA) is 107 Å². The van der Waals surface area contributed by atoms with Crippen molar-refractivity contribution in [2.75, 3.05) is 0 Å². The summed E-state index contributed by atoms with van der Waals surface area (Å²) in [6.45, 7) is 0. The summed E-state index contributed by atoms with van der Waals surface area (Å²) in [4.78, 5) is 35.1. The average molecular weight is 367 g/mol. The van der Waals surface area contributed by atoms with Crippen LogP contribution in [0.15, 0.2) is 53.3 Å². The Hall–Kier alpha value is -3.88. The van der Waals surface area contributed by atoms with E-state index in [1.165, 1.54) is 42.5 Å². The van der Waals surface area contributed by atoms with Crippen molar-refractivity contribution in [2.45, 2.75) is 0 Å². The number of benzene rings is 2. The van der Waals surface area contributed by atoms with Crippen LogP contribution >= 0.6 is 0 Å². The number of halogens is 2. The van der Waals surface area contributed by atoms with Gasteiger partial charge in [-0.1, -0.05) is 12.1 Å². The van der Waals surface area contributed by atoms with Gasteiger partial charge in [0.15, 0.2) is 17.2 Å². The van der Waals surface area contributed by atoms with Gasteiger partial charge in [-0.25, -0.2) is 28.1 Å². The lowest BCUT2D eigenvalue weighted by atomic mass is 10.2. The Morgan fingerprint density at radius 2 is 1.74 bits per heavy atom. The second kappa shape index (κ2) is 6.13. The maximum atomic E-state index is 14.2. The van der Waals surface area contributed by atoms with Crippen molar-refractivity contribution >= 4 is 17.1 Å². The van der Waals surface area contributed by atoms with Crippen molar-refractivity contribution in [1.82, 2.24) is 19.5 Å². The van der Waals surface area contributed by atoms with Crippen molar-refractivity contribution in [3.8, 4) is 17.1 Å². The number of fused-ring (bicyclic) bond motifs is 1. The summed E-state index contributed by atoms with van der Waals surface area (Å²) >= 11 is 0. The van der Waals surface area contributed by atoms with Gasteiger partial charge in [0.25, 0.3) is 5.91 Å². The van der Waals surface area contributed by atoms with Crippen LogP contribution in [-0.4, -0.2) is 25.4 Å². The van der Waals surface area contributed by atoms with Crippen LogP contribution in [0, 0.1) is 11.6 Å². The van der Waals surface area contributed by atoms with Crippen molar-refractivity contribution in [2.24, 2.45) is 5.73 Å². The molecule has 2 aromatic carbocycles. The van der Waals surface area contributed by atoms with Crippen LogP contribution in [0.4, 0.5) is 8.78 Å². The Morgan fingerprint density at radius 1 is 1.04 bits per heavy atom. The van der Waals surface area contributed by atoms with E-state index in [1.54, 1.807) is 6.07 Å². The molecule has 0 fully saturated rings. The molecule has 0 aliphatic heterocycles. The summed E-state index contributed by atoms with van der Waals surface area (Å²) in [7, 11) is 0. The van der Waals surface area contributed by atoms with Gasteiger partial charge in [-0.05, 0) is 36.4 Å². The lowest BCUT2D eigenvalue weighted by Gasteiger charge is -2.07. The SMILES string of the molecule is NC(=O)c1nc(-c2ccc(F)cc2)nc2c1[nH]c(=O)n2-c1ccccc1F. The number of H-pyrrole nitrogens is 1. The zero-order chi connectivity index (χ0) is 19.1. The molecule has 0 saturated heterocycles. The molecule has 0 aliphatic carbocycles. The number of nitrogens with two attached hydrogens (primary N) is 1. The quantitative estimate of drug-likeness (QED) is 0.579. The maximum Gasteiger partial charge on any atom is 0.332 e. The van der Waals surface area contributed by atoms with Crippen LogP contribution < -0.4 is 11.4 Å². The third-order valence-electron chi connectivity index (χ3n) is 3.97. The average Bonchev–Trinajstić information content (AvgIpc) is 2.97. The van der Waals surface area contributed by atoms with Crippen LogP contribution in [0.5, 0.6) is 0 Å². The van der Waals surface area contributed by atoms with Crippen molar-refractivity contribution in [3.05, 3.63) is 76.3 Å². The number of carbonyl (C=O) groups excluding carboxylic acids is 1. The van der Waals surface area contributed by atoms with Gasteiger partial charge in [-0.3, -0.25) is 4.79 Å². The molecule has 0 aliphatic rings. The number of aromatic amines is 1. The molecule has 1 amide bonds. The monoisotopic (exact) mass is 367 g/mol. The first kappa shape index (κ1) is 16.6. The Bertz CT molecular complexity index is 1250. The number of amides is 1. The predicted octanol–water partition coefficient (Wildman–Crippen LogP) is 2.15. The Morgan fingerprint density at radius 3 is 2.41 bits per heavy atom. The maximum absolute atomic E-state index is 14.2. The van der Waals surface area contributed by atoms with Gasteiger partial charge < -0.3 is 10.7 Å². The highest BCUT2D eigenvalue weighted by atomic mass is 19.1. The minimum Gasteiger partial charge on any atom is -0.364 e. The number of aromatic nitrogens is 4. The Balaban J connectivity index is 2.08. The van der Waals surface area contributed by atoms with Crippen LogP contribution in [0.25, 0.3) is 28.2 Å². The number of primary amides is 1. The highest BCUT2D eigenvalue weighted by molar-refractivity contribution is 6.02. The summed E-state index contributed by atoms with van der Waals surface area (Å²) in [5.41, 5.74) is 4.77. The van der Waals surface area contributed by atoms with Crippen molar-refractivity contribution < 1.29 is 13.6 Å². The van der Waals surface area contributed by atoms with E-state index in [9.17, 15) is 18.4 Å². The normalized spacial score (nSPS) is 11.0. The van der Waals surface area contributed by atoms with Crippen molar-refractivity contribution in [3.63, 3.8) is 0 Å². The summed E-state index contributed by atoms with van der Waals surface area (Å²) in [6.07, 6.45) is 0. The van der Waals surface area contributed by atoms with E-state index in [2.05, 4.69) is 15.0 Å². The van der Waals surface area contributed by atoms with Gasteiger partial charge in [0.05, 0.1) is 5.69 Å². The number of nitrogens with one attached hydrogen (secondary N) is 1. The number of imidazole rings is 1. The van der Waals surface area contributed by atoms with E-state index in [1.807, 2.05) is 0 Å². The molecular formula is C18H11F2N5O2. The highest BCUT2D eigenvalue weighted by Crippen LogP contribution is 2.23. The molecule has 0 bridgehead atoms. The lowest BCUT2D eigenvalue weighted by Crippen LogP contribution is -2.16. The van der Waals surface area contributed by atoms with Crippen LogP contribution in [0.3, 0.4) is 0 Å². The zero-order valence-electron chi connectivity index (χ0n) is 13.6. The summed E-state index contributed by atoms with van der Waals surface area (Å²) in [6, 6.07) is 10.9. The van der Waals surface area contributed by atoms with E-state index < -0.39 is 23.2 Å². The summed E-state index contributed by atoms with van der Waals surface area (Å²) in [5, 5.41) is 0. The number of rotatable bonds is 3. The van der Waals surface area contributed by atoms with Gasteiger partial charge >= 0.3 is 5.69 Å². The third-order valence-corrected chi connectivity index (χ3v) is 3.97. The summed E-state index contributed by atoms with van der Waals surface area (Å²) in [5.74, 6) is -1.96. The number of para-hydroxylation sites is 1. The van der Waals surface area contributed by atoms with Gasteiger partial charge in [-0.2, -0.15) is 0 Å². The number of nitrogens with zero attached hydrogens (tertiary/aromatic N) is 3. The molecule has 0 radical (unpaired) electrons. The van der Waals surface area contributed by atoms with Crippen LogP contribution in [0.1, 0.15) is 10.5 Å². The molecule has 9 heteroatoms. The standard InChI is InChI=1S/C18H11F2N5O2/c19-10-7-5-9(6-8-10)16-22-13(15(21)26)14-17(24-16)25(18(27)23-14)12-4-2-1-3-11(12)20/h1-8H,(H2,21,26)(H,23,27). The first-order chi connectivity index (χ1) is 13.0. The molecule has 7 nitrogen and oxygen atoms in total. The first-order valence-corrected chi connectivity index (χ1v) is 7.79. The van der Waals surface area contributed by atoms with E-state index in [4.69, 9.17) is 5.73 Å². The molecule has 2 heterocycles. The minimum absolute atomic E-state index is 0.0124. The molecule has 4 aromatic rings. The fourth-order valence-corrected chi connectivity index (χ4v) is 2.75. The van der Waals surface area contributed by atoms with Gasteiger partial charge in [0.2, 0.25) is 0 Å². The lowest BCUT2D eigenvalue weighted by molar-refractivity contribution is 0.0997. The summed E-state index contributed by atoms with van der Waals surface area (Å²) < 4.78 is 28.4. The van der Waals surface area contributed by atoms with Gasteiger partial charge in [-0.15, -0.1) is 0 Å². The second-order valence-corrected chi connectivity index (χ2v) is 5.68. The molecule has 0 saturated carbocycles. The number of hydrogen-bond acceptors (Lipinski definition) is 4. The van der Waals surface area contributed by atoms with E-state index >= 15 is 0 Å². The number of hydrogen-bond donors (Lipinski definition) is 2. The third kappa shape index (κ3) is 2.74. The highest BCUT2D eigenvalue weighted by Gasteiger charge is 2.21. The van der Waals surface area contributed by atoms with E-state index in [-0.39, 0.29) is 28.4 Å². The van der Waals surface area contributed by atoms with Gasteiger partial charge in [0.1, 0.15) is 17.2 Å². The molecular weight excluding hydrogens is 356 g/mol. The van der Waals surface area contributed by atoms with Crippen molar-refractivity contribution in [1.29, 1.82) is 0 Å². The Labute approximate surface area is 150 Å². The van der Waals surface area contributed by atoms with E-state index in [0.717, 1.165) is 4.57 Å².